The zero-order valence-corrected chi connectivity index (χ0v) is 15.0. The fourth-order valence-electron chi connectivity index (χ4n) is 3.73. The van der Waals surface area contributed by atoms with Gasteiger partial charge in [0.2, 0.25) is 5.91 Å². The van der Waals surface area contributed by atoms with Crippen LogP contribution < -0.4 is 5.32 Å². The molecule has 1 aromatic carbocycles. The predicted molar refractivity (Wildman–Crippen MR) is 103 cm³/mol. The molecule has 1 saturated heterocycles. The molecule has 0 saturated carbocycles. The third-order valence-corrected chi connectivity index (χ3v) is 5.95. The summed E-state index contributed by atoms with van der Waals surface area (Å²) in [5.74, 6) is 0.128. The Hall–Kier alpha value is -2.11. The van der Waals surface area contributed by atoms with E-state index in [0.717, 1.165) is 24.9 Å². The number of fused-ring (bicyclic) bond motifs is 1. The van der Waals surface area contributed by atoms with Gasteiger partial charge in [-0.15, -0.1) is 11.3 Å². The van der Waals surface area contributed by atoms with Crippen LogP contribution in [0.15, 0.2) is 48.0 Å². The first kappa shape index (κ1) is 16.4. The van der Waals surface area contributed by atoms with Crippen LogP contribution in [-0.2, 0) is 11.2 Å². The third kappa shape index (κ3) is 3.62. The number of hydrogen-bond donors (Lipinski definition) is 2. The van der Waals surface area contributed by atoms with E-state index in [0.29, 0.717) is 19.1 Å². The summed E-state index contributed by atoms with van der Waals surface area (Å²) >= 11 is 1.79. The molecule has 0 bridgehead atoms. The molecule has 0 spiro atoms. The van der Waals surface area contributed by atoms with Gasteiger partial charge in [0.15, 0.2) is 0 Å². The molecule has 2 aromatic heterocycles. The van der Waals surface area contributed by atoms with Gasteiger partial charge < -0.3 is 10.3 Å². The molecule has 0 unspecified atom stereocenters. The highest BCUT2D eigenvalue weighted by atomic mass is 32.1. The molecule has 4 rings (SSSR count). The maximum atomic E-state index is 12.3. The summed E-state index contributed by atoms with van der Waals surface area (Å²) in [7, 11) is 0. The maximum Gasteiger partial charge on any atom is 0.234 e. The van der Waals surface area contributed by atoms with Crippen molar-refractivity contribution in [2.75, 3.05) is 19.6 Å². The Morgan fingerprint density at radius 2 is 2.20 bits per heavy atom. The average Bonchev–Trinajstić information content (AvgIpc) is 3.35. The highest BCUT2D eigenvalue weighted by Gasteiger charge is 2.27. The number of para-hydroxylation sites is 1. The fraction of sp³-hybridized carbons (Fsp3) is 0.350. The van der Waals surface area contributed by atoms with Gasteiger partial charge in [0.05, 0.1) is 6.54 Å². The largest absolute Gasteiger partial charge is 0.361 e. The van der Waals surface area contributed by atoms with Gasteiger partial charge in [-0.3, -0.25) is 9.69 Å². The van der Waals surface area contributed by atoms with Gasteiger partial charge in [0.1, 0.15) is 0 Å². The van der Waals surface area contributed by atoms with E-state index in [2.05, 4.69) is 50.9 Å². The Morgan fingerprint density at radius 3 is 3.08 bits per heavy atom. The summed E-state index contributed by atoms with van der Waals surface area (Å²) < 4.78 is 0. The zero-order valence-electron chi connectivity index (χ0n) is 14.2. The molecule has 0 aliphatic carbocycles. The van der Waals surface area contributed by atoms with E-state index in [9.17, 15) is 4.79 Å². The summed E-state index contributed by atoms with van der Waals surface area (Å²) in [4.78, 5) is 19.3. The molecule has 1 atom stereocenters. The molecule has 130 valence electrons. The number of nitrogens with one attached hydrogen (secondary N) is 2. The van der Waals surface area contributed by atoms with Crippen molar-refractivity contribution in [3.63, 3.8) is 0 Å². The minimum Gasteiger partial charge on any atom is -0.361 e. The van der Waals surface area contributed by atoms with Gasteiger partial charge in [-0.2, -0.15) is 0 Å². The van der Waals surface area contributed by atoms with Crippen LogP contribution in [0.4, 0.5) is 0 Å². The lowest BCUT2D eigenvalue weighted by Gasteiger charge is -2.22. The minimum atomic E-state index is 0.128. The molecule has 1 fully saturated rings. The standard InChI is InChI=1S/C20H23N3OS/c24-20(14-23-11-3-7-18(23)19-8-4-12-25-19)21-10-9-15-13-22-17-6-2-1-5-16(15)17/h1-2,4-6,8,12-13,18,22H,3,7,9-11,14H2,(H,21,24)/t18-/m0/s1. The number of rotatable bonds is 6. The molecule has 4 nitrogen and oxygen atoms in total. The summed E-state index contributed by atoms with van der Waals surface area (Å²) in [5, 5.41) is 6.45. The number of likely N-dealkylation sites (tertiary alicyclic amines) is 1. The van der Waals surface area contributed by atoms with Crippen LogP contribution >= 0.6 is 11.3 Å². The van der Waals surface area contributed by atoms with E-state index in [-0.39, 0.29) is 5.91 Å². The average molecular weight is 353 g/mol. The second-order valence-electron chi connectivity index (χ2n) is 6.60. The normalized spacial score (nSPS) is 18.0. The van der Waals surface area contributed by atoms with Crippen molar-refractivity contribution in [1.82, 2.24) is 15.2 Å². The van der Waals surface area contributed by atoms with Crippen molar-refractivity contribution < 1.29 is 4.79 Å². The number of carbonyl (C=O) groups is 1. The van der Waals surface area contributed by atoms with Crippen LogP contribution in [0.1, 0.15) is 29.3 Å². The Balaban J connectivity index is 1.29. The number of carbonyl (C=O) groups excluding carboxylic acids is 1. The molecule has 1 amide bonds. The molecule has 1 aliphatic rings. The van der Waals surface area contributed by atoms with Gasteiger partial charge in [-0.05, 0) is 48.9 Å². The topological polar surface area (TPSA) is 48.1 Å². The smallest absolute Gasteiger partial charge is 0.234 e. The van der Waals surface area contributed by atoms with Crippen molar-refractivity contribution in [1.29, 1.82) is 0 Å². The van der Waals surface area contributed by atoms with Crippen LogP contribution in [0.2, 0.25) is 0 Å². The number of H-pyrrole nitrogens is 1. The number of aromatic amines is 1. The quantitative estimate of drug-likeness (QED) is 0.709. The van der Waals surface area contributed by atoms with Gasteiger partial charge in [-0.1, -0.05) is 24.3 Å². The van der Waals surface area contributed by atoms with E-state index < -0.39 is 0 Å². The molecule has 5 heteroatoms. The molecule has 3 heterocycles. The second kappa shape index (κ2) is 7.42. The Morgan fingerprint density at radius 1 is 1.28 bits per heavy atom. The molecular weight excluding hydrogens is 330 g/mol. The molecule has 25 heavy (non-hydrogen) atoms. The Bertz CT molecular complexity index is 840. The van der Waals surface area contributed by atoms with E-state index in [4.69, 9.17) is 0 Å². The predicted octanol–water partition coefficient (Wildman–Crippen LogP) is 3.73. The minimum absolute atomic E-state index is 0.128. The summed E-state index contributed by atoms with van der Waals surface area (Å²) in [6, 6.07) is 13.0. The lowest BCUT2D eigenvalue weighted by molar-refractivity contribution is -0.122. The van der Waals surface area contributed by atoms with E-state index >= 15 is 0 Å². The molecular formula is C20H23N3OS. The molecule has 3 aromatic rings. The molecule has 0 radical (unpaired) electrons. The number of amides is 1. The van der Waals surface area contributed by atoms with E-state index in [1.54, 1.807) is 11.3 Å². The zero-order chi connectivity index (χ0) is 17.1. The fourth-order valence-corrected chi connectivity index (χ4v) is 4.63. The van der Waals surface area contributed by atoms with Crippen molar-refractivity contribution in [2.45, 2.75) is 25.3 Å². The first-order valence-electron chi connectivity index (χ1n) is 8.90. The molecule has 2 N–H and O–H groups in total. The van der Waals surface area contributed by atoms with Crippen molar-refractivity contribution in [3.05, 3.63) is 58.4 Å². The highest BCUT2D eigenvalue weighted by molar-refractivity contribution is 7.10. The summed E-state index contributed by atoms with van der Waals surface area (Å²) in [6.07, 6.45) is 5.22. The van der Waals surface area contributed by atoms with Crippen LogP contribution in [0, 0.1) is 0 Å². The molecule has 1 aliphatic heterocycles. The van der Waals surface area contributed by atoms with Crippen molar-refractivity contribution >= 4 is 28.1 Å². The van der Waals surface area contributed by atoms with Crippen LogP contribution in [0.3, 0.4) is 0 Å². The van der Waals surface area contributed by atoms with Crippen molar-refractivity contribution in [3.8, 4) is 0 Å². The highest BCUT2D eigenvalue weighted by Crippen LogP contribution is 2.33. The Kier molecular flexibility index (Phi) is 4.85. The first-order valence-corrected chi connectivity index (χ1v) is 9.78. The maximum absolute atomic E-state index is 12.3. The van der Waals surface area contributed by atoms with Crippen molar-refractivity contribution in [2.24, 2.45) is 0 Å². The monoisotopic (exact) mass is 353 g/mol. The van der Waals surface area contributed by atoms with Gasteiger partial charge in [0, 0.05) is 34.6 Å². The lowest BCUT2D eigenvalue weighted by atomic mass is 10.1. The van der Waals surface area contributed by atoms with Crippen LogP contribution in [0.5, 0.6) is 0 Å². The number of aromatic nitrogens is 1. The van der Waals surface area contributed by atoms with Crippen LogP contribution in [0.25, 0.3) is 10.9 Å². The van der Waals surface area contributed by atoms with Gasteiger partial charge >= 0.3 is 0 Å². The SMILES string of the molecule is O=C(CN1CCC[C@H]1c1cccs1)NCCc1c[nH]c2ccccc12. The third-order valence-electron chi connectivity index (χ3n) is 4.97. The number of nitrogens with zero attached hydrogens (tertiary/aromatic N) is 1. The van der Waals surface area contributed by atoms with E-state index in [1.807, 2.05) is 12.3 Å². The number of benzene rings is 1. The Labute approximate surface area is 151 Å². The second-order valence-corrected chi connectivity index (χ2v) is 7.58. The summed E-state index contributed by atoms with van der Waals surface area (Å²) in [5.41, 5.74) is 2.41. The summed E-state index contributed by atoms with van der Waals surface area (Å²) in [6.45, 7) is 2.19. The van der Waals surface area contributed by atoms with Crippen LogP contribution in [-0.4, -0.2) is 35.4 Å². The van der Waals surface area contributed by atoms with Gasteiger partial charge in [0.25, 0.3) is 0 Å². The van der Waals surface area contributed by atoms with E-state index in [1.165, 1.54) is 22.2 Å². The number of thiophene rings is 1. The van der Waals surface area contributed by atoms with Gasteiger partial charge in [-0.25, -0.2) is 0 Å². The number of hydrogen-bond acceptors (Lipinski definition) is 3. The lowest BCUT2D eigenvalue weighted by Crippen LogP contribution is -2.37. The first-order chi connectivity index (χ1) is 12.3.